The van der Waals surface area contributed by atoms with Crippen LogP contribution in [0.15, 0.2) is 45.7 Å². The number of para-hydroxylation sites is 2. The van der Waals surface area contributed by atoms with Crippen LogP contribution in [-0.4, -0.2) is 34.2 Å². The smallest absolute Gasteiger partial charge is 0.341 e. The van der Waals surface area contributed by atoms with E-state index >= 15 is 0 Å². The summed E-state index contributed by atoms with van der Waals surface area (Å²) in [5.74, 6) is -0.438. The number of fused-ring (bicyclic) bond motifs is 3. The van der Waals surface area contributed by atoms with Crippen LogP contribution in [0.25, 0.3) is 22.1 Å². The highest BCUT2D eigenvalue weighted by Gasteiger charge is 2.14. The molecule has 0 atom stereocenters. The first-order chi connectivity index (χ1) is 13.5. The third-order valence-corrected chi connectivity index (χ3v) is 5.59. The van der Waals surface area contributed by atoms with E-state index in [1.165, 1.54) is 18.4 Å². The Bertz CT molecular complexity index is 1330. The molecule has 0 saturated carbocycles. The SMILES string of the molecule is COc1cc(/C=c2\sc3nc4ccccc4n3c2=O)cc(Br)c1OCC(=O)O. The molecule has 1 N–H and O–H groups in total. The van der Waals surface area contributed by atoms with Gasteiger partial charge < -0.3 is 14.6 Å². The number of hydrogen-bond donors (Lipinski definition) is 1. The van der Waals surface area contributed by atoms with Crippen molar-refractivity contribution < 1.29 is 19.4 Å². The summed E-state index contributed by atoms with van der Waals surface area (Å²) in [7, 11) is 1.46. The van der Waals surface area contributed by atoms with Crippen LogP contribution in [0.1, 0.15) is 5.56 Å². The lowest BCUT2D eigenvalue weighted by Crippen LogP contribution is -2.22. The van der Waals surface area contributed by atoms with E-state index in [2.05, 4.69) is 20.9 Å². The van der Waals surface area contributed by atoms with Crippen molar-refractivity contribution in [3.8, 4) is 11.5 Å². The molecule has 0 aliphatic rings. The van der Waals surface area contributed by atoms with Crippen molar-refractivity contribution >= 4 is 55.3 Å². The van der Waals surface area contributed by atoms with Crippen molar-refractivity contribution in [1.29, 1.82) is 0 Å². The van der Waals surface area contributed by atoms with Crippen LogP contribution in [-0.2, 0) is 4.79 Å². The van der Waals surface area contributed by atoms with E-state index in [0.29, 0.717) is 25.3 Å². The molecule has 2 aromatic carbocycles. The fourth-order valence-electron chi connectivity index (χ4n) is 2.86. The molecule has 4 rings (SSSR count). The molecule has 0 aliphatic heterocycles. The Morgan fingerprint density at radius 2 is 2.14 bits per heavy atom. The van der Waals surface area contributed by atoms with Crippen molar-refractivity contribution in [2.45, 2.75) is 0 Å². The van der Waals surface area contributed by atoms with Crippen molar-refractivity contribution in [3.63, 3.8) is 0 Å². The number of carbonyl (C=O) groups is 1. The second-order valence-corrected chi connectivity index (χ2v) is 7.71. The fraction of sp³-hybridized carbons (Fsp3) is 0.105. The summed E-state index contributed by atoms with van der Waals surface area (Å²) in [5.41, 5.74) is 2.11. The number of halogens is 1. The van der Waals surface area contributed by atoms with Gasteiger partial charge in [0.1, 0.15) is 0 Å². The average Bonchev–Trinajstić information content (AvgIpc) is 3.16. The lowest BCUT2D eigenvalue weighted by Gasteiger charge is -2.12. The number of imidazole rings is 1. The van der Waals surface area contributed by atoms with Crippen LogP contribution in [0.2, 0.25) is 0 Å². The fourth-order valence-corrected chi connectivity index (χ4v) is 4.42. The molecule has 4 aromatic rings. The van der Waals surface area contributed by atoms with Crippen LogP contribution in [0.3, 0.4) is 0 Å². The largest absolute Gasteiger partial charge is 0.493 e. The molecular formula is C19H13BrN2O5S. The highest BCUT2D eigenvalue weighted by molar-refractivity contribution is 9.10. The normalized spacial score (nSPS) is 12.0. The van der Waals surface area contributed by atoms with Crippen molar-refractivity contribution in [2.75, 3.05) is 13.7 Å². The third kappa shape index (κ3) is 3.23. The molecule has 0 fully saturated rings. The minimum absolute atomic E-state index is 0.144. The average molecular weight is 461 g/mol. The number of aliphatic carboxylic acids is 1. The lowest BCUT2D eigenvalue weighted by atomic mass is 10.2. The summed E-state index contributed by atoms with van der Waals surface area (Å²) in [5, 5.41) is 8.80. The number of carboxylic acids is 1. The van der Waals surface area contributed by atoms with Gasteiger partial charge in [0.05, 0.1) is 27.1 Å². The van der Waals surface area contributed by atoms with Crippen molar-refractivity contribution in [3.05, 3.63) is 61.3 Å². The predicted octanol–water partition coefficient (Wildman–Crippen LogP) is 2.69. The lowest BCUT2D eigenvalue weighted by molar-refractivity contribution is -0.139. The zero-order chi connectivity index (χ0) is 19.8. The highest BCUT2D eigenvalue weighted by Crippen LogP contribution is 2.36. The number of benzene rings is 2. The summed E-state index contributed by atoms with van der Waals surface area (Å²) in [6, 6.07) is 10.9. The van der Waals surface area contributed by atoms with Crippen LogP contribution < -0.4 is 19.6 Å². The highest BCUT2D eigenvalue weighted by atomic mass is 79.9. The zero-order valence-corrected chi connectivity index (χ0v) is 16.9. The Kier molecular flexibility index (Phi) is 4.78. The molecule has 0 aliphatic carbocycles. The van der Waals surface area contributed by atoms with E-state index < -0.39 is 12.6 Å². The molecule has 2 heterocycles. The van der Waals surface area contributed by atoms with Crippen LogP contribution in [0, 0.1) is 0 Å². The van der Waals surface area contributed by atoms with Gasteiger partial charge >= 0.3 is 5.97 Å². The van der Waals surface area contributed by atoms with E-state index in [1.807, 2.05) is 24.3 Å². The molecule has 9 heteroatoms. The summed E-state index contributed by atoms with van der Waals surface area (Å²) < 4.78 is 13.2. The number of ether oxygens (including phenoxy) is 2. The second kappa shape index (κ2) is 7.25. The third-order valence-electron chi connectivity index (χ3n) is 4.03. The topological polar surface area (TPSA) is 90.1 Å². The van der Waals surface area contributed by atoms with E-state index in [1.54, 1.807) is 22.6 Å². The van der Waals surface area contributed by atoms with Gasteiger partial charge in [-0.1, -0.05) is 23.5 Å². The molecule has 7 nitrogen and oxygen atoms in total. The van der Waals surface area contributed by atoms with E-state index in [0.717, 1.165) is 11.0 Å². The van der Waals surface area contributed by atoms with Crippen LogP contribution in [0.4, 0.5) is 0 Å². The standard InChI is InChI=1S/C19H13BrN2O5S/c1-26-14-7-10(6-11(20)17(14)27-9-16(23)24)8-15-18(25)22-13-5-3-2-4-12(13)21-19(22)28-15/h2-8H,9H2,1H3,(H,23,24)/b15-8-. The Labute approximate surface area is 170 Å². The Morgan fingerprint density at radius 3 is 2.89 bits per heavy atom. The number of carboxylic acid groups (broad SMARTS) is 1. The molecule has 0 radical (unpaired) electrons. The maximum Gasteiger partial charge on any atom is 0.341 e. The van der Waals surface area contributed by atoms with E-state index in [9.17, 15) is 9.59 Å². The first-order valence-electron chi connectivity index (χ1n) is 8.12. The van der Waals surface area contributed by atoms with Crippen LogP contribution >= 0.6 is 27.3 Å². The number of rotatable bonds is 5. The Morgan fingerprint density at radius 1 is 1.36 bits per heavy atom. The number of hydrogen-bond acceptors (Lipinski definition) is 6. The van der Waals surface area contributed by atoms with Gasteiger partial charge in [-0.05, 0) is 51.8 Å². The van der Waals surface area contributed by atoms with Gasteiger partial charge in [-0.3, -0.25) is 4.79 Å². The summed E-state index contributed by atoms with van der Waals surface area (Å²) in [4.78, 5) is 28.7. The maximum atomic E-state index is 12.9. The Balaban J connectivity index is 1.82. The minimum atomic E-state index is -1.09. The molecule has 28 heavy (non-hydrogen) atoms. The van der Waals surface area contributed by atoms with Crippen molar-refractivity contribution in [2.24, 2.45) is 0 Å². The van der Waals surface area contributed by atoms with Crippen molar-refractivity contribution in [1.82, 2.24) is 9.38 Å². The van der Waals surface area contributed by atoms with Gasteiger partial charge in [-0.2, -0.15) is 0 Å². The number of aromatic nitrogens is 2. The van der Waals surface area contributed by atoms with Gasteiger partial charge in [-0.25, -0.2) is 14.2 Å². The first kappa shape index (κ1) is 18.5. The monoisotopic (exact) mass is 460 g/mol. The quantitative estimate of drug-likeness (QED) is 0.492. The minimum Gasteiger partial charge on any atom is -0.493 e. The summed E-state index contributed by atoms with van der Waals surface area (Å²) in [6.07, 6.45) is 1.74. The maximum absolute atomic E-state index is 12.9. The number of thiazole rings is 1. The second-order valence-electron chi connectivity index (χ2n) is 5.85. The molecule has 142 valence electrons. The number of methoxy groups -OCH3 is 1. The molecule has 0 bridgehead atoms. The van der Waals surface area contributed by atoms with Gasteiger partial charge in [0.2, 0.25) is 0 Å². The van der Waals surface area contributed by atoms with Gasteiger partial charge in [0, 0.05) is 0 Å². The van der Waals surface area contributed by atoms with Gasteiger partial charge in [0.15, 0.2) is 23.1 Å². The van der Waals surface area contributed by atoms with Gasteiger partial charge in [0.25, 0.3) is 5.56 Å². The summed E-state index contributed by atoms with van der Waals surface area (Å²) in [6.45, 7) is -0.488. The first-order valence-corrected chi connectivity index (χ1v) is 9.72. The van der Waals surface area contributed by atoms with E-state index in [-0.39, 0.29) is 11.3 Å². The molecule has 0 spiro atoms. The molecule has 2 aromatic heterocycles. The number of nitrogens with zero attached hydrogens (tertiary/aromatic N) is 2. The molecular weight excluding hydrogens is 448 g/mol. The Hall–Kier alpha value is -2.91. The van der Waals surface area contributed by atoms with E-state index in [4.69, 9.17) is 14.6 Å². The van der Waals surface area contributed by atoms with Crippen LogP contribution in [0.5, 0.6) is 11.5 Å². The van der Waals surface area contributed by atoms with Gasteiger partial charge in [-0.15, -0.1) is 0 Å². The molecule has 0 amide bonds. The molecule has 0 unspecified atom stereocenters. The predicted molar refractivity (Wildman–Crippen MR) is 109 cm³/mol. The summed E-state index contributed by atoms with van der Waals surface area (Å²) >= 11 is 4.67. The molecule has 0 saturated heterocycles. The zero-order valence-electron chi connectivity index (χ0n) is 14.5.